The normalized spacial score (nSPS) is 15.4. The van der Waals surface area contributed by atoms with Crippen LogP contribution in [0.2, 0.25) is 5.02 Å². The first-order valence-electron chi connectivity index (χ1n) is 10.4. The summed E-state index contributed by atoms with van der Waals surface area (Å²) in [6, 6.07) is 21.4. The van der Waals surface area contributed by atoms with Gasteiger partial charge in [-0.15, -0.1) is 0 Å². The molecule has 2 N–H and O–H groups in total. The van der Waals surface area contributed by atoms with Gasteiger partial charge in [-0.25, -0.2) is 9.38 Å². The van der Waals surface area contributed by atoms with Crippen LogP contribution in [0.15, 0.2) is 77.8 Å². The maximum absolute atomic E-state index is 13.4. The fourth-order valence-electron chi connectivity index (χ4n) is 3.65. The van der Waals surface area contributed by atoms with E-state index in [0.29, 0.717) is 34.5 Å². The summed E-state index contributed by atoms with van der Waals surface area (Å²) in [4.78, 5) is 19.5. The number of likely N-dealkylation sites (N-methyl/N-ethyl adjacent to an activating group) is 1. The number of thiocarbonyl (C=S) groups is 1. The Kier molecular flexibility index (Phi) is 7.01. The molecule has 3 aromatic rings. The number of benzene rings is 3. The summed E-state index contributed by atoms with van der Waals surface area (Å²) in [6.45, 7) is 0.483. The number of anilines is 1. The molecule has 1 aliphatic heterocycles. The highest BCUT2D eigenvalue weighted by molar-refractivity contribution is 7.80. The molecule has 0 aliphatic carbocycles. The van der Waals surface area contributed by atoms with Gasteiger partial charge in [0, 0.05) is 29.7 Å². The van der Waals surface area contributed by atoms with Gasteiger partial charge in [0.1, 0.15) is 5.82 Å². The average molecular weight is 481 g/mol. The van der Waals surface area contributed by atoms with Gasteiger partial charge in [-0.1, -0.05) is 54.1 Å². The van der Waals surface area contributed by atoms with E-state index in [9.17, 15) is 9.18 Å². The number of aliphatic imine (C=N–C) groups is 1. The quantitative estimate of drug-likeness (QED) is 0.534. The van der Waals surface area contributed by atoms with Gasteiger partial charge in [-0.2, -0.15) is 0 Å². The van der Waals surface area contributed by atoms with E-state index in [2.05, 4.69) is 10.6 Å². The van der Waals surface area contributed by atoms with Crippen molar-refractivity contribution < 1.29 is 9.18 Å². The third-order valence-corrected chi connectivity index (χ3v) is 5.80. The molecule has 1 amide bonds. The SMILES string of the molecule is CN1C(=O)C(NC(=S)NCCc2cccc(F)c2)N=C(c2ccccc2)c2cc(Cl)ccc21. The van der Waals surface area contributed by atoms with E-state index in [4.69, 9.17) is 28.8 Å². The van der Waals surface area contributed by atoms with Gasteiger partial charge in [0.05, 0.1) is 11.4 Å². The summed E-state index contributed by atoms with van der Waals surface area (Å²) in [5.41, 5.74) is 3.83. The van der Waals surface area contributed by atoms with Crippen molar-refractivity contribution in [3.63, 3.8) is 0 Å². The lowest BCUT2D eigenvalue weighted by Crippen LogP contribution is -2.49. The van der Waals surface area contributed by atoms with Gasteiger partial charge in [0.25, 0.3) is 5.91 Å². The van der Waals surface area contributed by atoms with Crippen LogP contribution in [0.25, 0.3) is 0 Å². The first-order valence-corrected chi connectivity index (χ1v) is 11.2. The molecule has 4 rings (SSSR count). The number of hydrogen-bond acceptors (Lipinski definition) is 3. The number of hydrogen-bond donors (Lipinski definition) is 2. The molecule has 0 radical (unpaired) electrons. The molecule has 3 aromatic carbocycles. The third kappa shape index (κ3) is 5.38. The van der Waals surface area contributed by atoms with Crippen LogP contribution in [-0.4, -0.2) is 36.5 Å². The Balaban J connectivity index is 1.56. The molecule has 1 atom stereocenters. The van der Waals surface area contributed by atoms with E-state index >= 15 is 0 Å². The number of fused-ring (bicyclic) bond motifs is 1. The zero-order valence-electron chi connectivity index (χ0n) is 17.9. The molecule has 33 heavy (non-hydrogen) atoms. The first kappa shape index (κ1) is 22.9. The Hall–Kier alpha value is -3.29. The van der Waals surface area contributed by atoms with Crippen molar-refractivity contribution in [3.05, 3.63) is 100 Å². The Morgan fingerprint density at radius 3 is 2.67 bits per heavy atom. The summed E-state index contributed by atoms with van der Waals surface area (Å²) in [6.07, 6.45) is -0.342. The van der Waals surface area contributed by atoms with Gasteiger partial charge in [0.2, 0.25) is 6.17 Å². The van der Waals surface area contributed by atoms with Crippen molar-refractivity contribution in [2.75, 3.05) is 18.5 Å². The molecule has 0 saturated carbocycles. The van der Waals surface area contributed by atoms with Crippen LogP contribution < -0.4 is 15.5 Å². The van der Waals surface area contributed by atoms with Gasteiger partial charge >= 0.3 is 0 Å². The van der Waals surface area contributed by atoms with Crippen LogP contribution in [0.3, 0.4) is 0 Å². The van der Waals surface area contributed by atoms with Gasteiger partial charge < -0.3 is 15.5 Å². The zero-order chi connectivity index (χ0) is 23.4. The van der Waals surface area contributed by atoms with Crippen molar-refractivity contribution in [3.8, 4) is 0 Å². The lowest BCUT2D eigenvalue weighted by atomic mass is 10.0. The number of rotatable bonds is 5. The second-order valence-electron chi connectivity index (χ2n) is 7.59. The number of carbonyl (C=O) groups excluding carboxylic acids is 1. The number of benzodiazepines with no additional fused rings is 1. The number of carbonyl (C=O) groups is 1. The van der Waals surface area contributed by atoms with Crippen molar-refractivity contribution in [2.24, 2.45) is 4.99 Å². The highest BCUT2D eigenvalue weighted by Crippen LogP contribution is 2.29. The second-order valence-corrected chi connectivity index (χ2v) is 8.43. The van der Waals surface area contributed by atoms with Crippen molar-refractivity contribution in [1.82, 2.24) is 10.6 Å². The maximum atomic E-state index is 13.4. The topological polar surface area (TPSA) is 56.7 Å². The third-order valence-electron chi connectivity index (χ3n) is 5.30. The number of halogens is 2. The lowest BCUT2D eigenvalue weighted by Gasteiger charge is -2.22. The molecule has 0 bridgehead atoms. The molecule has 8 heteroatoms. The van der Waals surface area contributed by atoms with Crippen molar-refractivity contribution >= 4 is 46.2 Å². The molecule has 1 unspecified atom stereocenters. The standard InChI is InChI=1S/C25H22ClFN4OS/c1-31-21-11-10-18(26)15-20(21)22(17-7-3-2-4-8-17)29-23(24(31)32)30-25(33)28-13-12-16-6-5-9-19(27)14-16/h2-11,14-15,23H,12-13H2,1H3,(H2,28,30,33). The van der Waals surface area contributed by atoms with E-state index in [0.717, 1.165) is 16.7 Å². The predicted octanol–water partition coefficient (Wildman–Crippen LogP) is 4.33. The van der Waals surface area contributed by atoms with Crippen molar-refractivity contribution in [2.45, 2.75) is 12.6 Å². The van der Waals surface area contributed by atoms with E-state index in [1.54, 1.807) is 24.1 Å². The highest BCUT2D eigenvalue weighted by Gasteiger charge is 2.30. The van der Waals surface area contributed by atoms with Crippen LogP contribution in [-0.2, 0) is 11.2 Å². The van der Waals surface area contributed by atoms with Crippen LogP contribution in [0, 0.1) is 5.82 Å². The van der Waals surface area contributed by atoms with E-state index in [1.807, 2.05) is 48.5 Å². The van der Waals surface area contributed by atoms with Crippen LogP contribution in [0.5, 0.6) is 0 Å². The number of nitrogens with zero attached hydrogens (tertiary/aromatic N) is 2. The molecule has 0 fully saturated rings. The van der Waals surface area contributed by atoms with Gasteiger partial charge in [-0.05, 0) is 54.5 Å². The lowest BCUT2D eigenvalue weighted by molar-refractivity contribution is -0.119. The minimum absolute atomic E-state index is 0.251. The summed E-state index contributed by atoms with van der Waals surface area (Å²) in [5, 5.41) is 6.94. The molecule has 0 aromatic heterocycles. The van der Waals surface area contributed by atoms with Crippen LogP contribution in [0.4, 0.5) is 10.1 Å². The van der Waals surface area contributed by atoms with Gasteiger partial charge in [-0.3, -0.25) is 4.79 Å². The Morgan fingerprint density at radius 2 is 1.91 bits per heavy atom. The molecule has 1 aliphatic rings. The highest BCUT2D eigenvalue weighted by atomic mass is 35.5. The fourth-order valence-corrected chi connectivity index (χ4v) is 4.04. The van der Waals surface area contributed by atoms with Gasteiger partial charge in [0.15, 0.2) is 5.11 Å². The molecular weight excluding hydrogens is 459 g/mol. The molecule has 1 heterocycles. The Labute approximate surface area is 202 Å². The van der Waals surface area contributed by atoms with Crippen molar-refractivity contribution in [1.29, 1.82) is 0 Å². The molecule has 5 nitrogen and oxygen atoms in total. The molecular formula is C25H22ClFN4OS. The molecule has 168 valence electrons. The minimum atomic E-state index is -0.925. The maximum Gasteiger partial charge on any atom is 0.272 e. The van der Waals surface area contributed by atoms with E-state index < -0.39 is 6.17 Å². The Bertz CT molecular complexity index is 1220. The minimum Gasteiger partial charge on any atom is -0.362 e. The van der Waals surface area contributed by atoms with Crippen LogP contribution >= 0.6 is 23.8 Å². The molecule has 0 spiro atoms. The summed E-state index contributed by atoms with van der Waals surface area (Å²) in [7, 11) is 1.70. The molecule has 0 saturated heterocycles. The summed E-state index contributed by atoms with van der Waals surface area (Å²) < 4.78 is 13.4. The monoisotopic (exact) mass is 480 g/mol. The number of amides is 1. The van der Waals surface area contributed by atoms with Crippen LogP contribution in [0.1, 0.15) is 16.7 Å². The first-order chi connectivity index (χ1) is 15.9. The average Bonchev–Trinajstić information content (AvgIpc) is 2.90. The smallest absolute Gasteiger partial charge is 0.272 e. The largest absolute Gasteiger partial charge is 0.362 e. The summed E-state index contributed by atoms with van der Waals surface area (Å²) >= 11 is 11.7. The summed E-state index contributed by atoms with van der Waals surface area (Å²) in [5.74, 6) is -0.526. The fraction of sp³-hybridized carbons (Fsp3) is 0.160. The van der Waals surface area contributed by atoms with E-state index in [-0.39, 0.29) is 11.7 Å². The second kappa shape index (κ2) is 10.1. The number of nitrogens with one attached hydrogen (secondary N) is 2. The van der Waals surface area contributed by atoms with E-state index in [1.165, 1.54) is 12.1 Å². The zero-order valence-corrected chi connectivity index (χ0v) is 19.5. The predicted molar refractivity (Wildman–Crippen MR) is 135 cm³/mol. The Morgan fingerprint density at radius 1 is 1.12 bits per heavy atom.